The van der Waals surface area contributed by atoms with Gasteiger partial charge in [-0.15, -0.1) is 5.10 Å². The molecule has 0 amide bonds. The smallest absolute Gasteiger partial charge is 0.227 e. The normalized spacial score (nSPS) is 18.7. The first kappa shape index (κ1) is 20.1. The van der Waals surface area contributed by atoms with Gasteiger partial charge in [0.1, 0.15) is 11.5 Å². The second-order valence-corrected chi connectivity index (χ2v) is 9.23. The summed E-state index contributed by atoms with van der Waals surface area (Å²) < 4.78 is 1.95. The van der Waals surface area contributed by atoms with Crippen LogP contribution in [0.4, 0.5) is 11.8 Å². The summed E-state index contributed by atoms with van der Waals surface area (Å²) in [5, 5.41) is 8.52. The van der Waals surface area contributed by atoms with Gasteiger partial charge in [0.25, 0.3) is 0 Å². The molecule has 2 saturated heterocycles. The van der Waals surface area contributed by atoms with Gasteiger partial charge in [-0.05, 0) is 59.3 Å². The molecule has 0 unspecified atom stereocenters. The fourth-order valence-electron chi connectivity index (χ4n) is 4.24. The zero-order chi connectivity index (χ0) is 20.6. The predicted octanol–water partition coefficient (Wildman–Crippen LogP) is 2.40. The summed E-state index contributed by atoms with van der Waals surface area (Å²) in [5.41, 5.74) is 8.83. The van der Waals surface area contributed by atoms with Crippen LogP contribution in [0.5, 0.6) is 0 Å². The minimum Gasteiger partial charge on any atom is -0.356 e. The highest BCUT2D eigenvalue weighted by atomic mass is 15.4. The fourth-order valence-corrected chi connectivity index (χ4v) is 4.24. The molecule has 8 nitrogen and oxygen atoms in total. The molecule has 4 heterocycles. The number of rotatable bonds is 5. The largest absolute Gasteiger partial charge is 0.356 e. The van der Waals surface area contributed by atoms with Crippen LogP contribution in [-0.2, 0) is 12.1 Å². The lowest BCUT2D eigenvalue weighted by molar-refractivity contribution is 0.338. The van der Waals surface area contributed by atoms with Crippen LogP contribution < -0.4 is 15.5 Å². The second-order valence-electron chi connectivity index (χ2n) is 9.23. The van der Waals surface area contributed by atoms with E-state index in [-0.39, 0.29) is 0 Å². The van der Waals surface area contributed by atoms with E-state index in [2.05, 4.69) is 34.0 Å². The molecule has 0 bridgehead atoms. The van der Waals surface area contributed by atoms with E-state index in [0.29, 0.717) is 5.92 Å². The van der Waals surface area contributed by atoms with Crippen LogP contribution in [0.3, 0.4) is 0 Å². The summed E-state index contributed by atoms with van der Waals surface area (Å²) in [6.45, 7) is 13.3. The number of aromatic nitrogens is 5. The van der Waals surface area contributed by atoms with E-state index < -0.39 is 5.54 Å². The highest BCUT2D eigenvalue weighted by molar-refractivity contribution is 5.53. The maximum absolute atomic E-state index is 6.13. The van der Waals surface area contributed by atoms with Gasteiger partial charge >= 0.3 is 0 Å². The molecule has 8 heteroatoms. The van der Waals surface area contributed by atoms with Crippen molar-refractivity contribution in [1.82, 2.24) is 25.0 Å². The Morgan fingerprint density at radius 2 is 1.72 bits per heavy atom. The first-order valence-corrected chi connectivity index (χ1v) is 10.9. The van der Waals surface area contributed by atoms with E-state index >= 15 is 0 Å². The van der Waals surface area contributed by atoms with E-state index in [9.17, 15) is 0 Å². The van der Waals surface area contributed by atoms with Crippen molar-refractivity contribution in [2.24, 2.45) is 11.7 Å². The van der Waals surface area contributed by atoms with Crippen molar-refractivity contribution < 1.29 is 0 Å². The SMILES string of the molecule is Cc1nc(N2CCCC2)nc(N2CCC(Cn3cc(C(C)(C)N)nn3)CC2)c1C. The minimum atomic E-state index is -0.447. The van der Waals surface area contributed by atoms with Crippen molar-refractivity contribution >= 4 is 11.8 Å². The summed E-state index contributed by atoms with van der Waals surface area (Å²) in [4.78, 5) is 14.5. The zero-order valence-corrected chi connectivity index (χ0v) is 18.2. The highest BCUT2D eigenvalue weighted by Crippen LogP contribution is 2.29. The molecule has 0 saturated carbocycles. The van der Waals surface area contributed by atoms with Crippen LogP contribution in [-0.4, -0.2) is 51.1 Å². The van der Waals surface area contributed by atoms with Crippen LogP contribution in [0.15, 0.2) is 6.20 Å². The number of nitrogens with two attached hydrogens (primary N) is 1. The Hall–Kier alpha value is -2.22. The summed E-state index contributed by atoms with van der Waals surface area (Å²) >= 11 is 0. The molecular formula is C21H34N8. The third-order valence-corrected chi connectivity index (χ3v) is 6.30. The summed E-state index contributed by atoms with van der Waals surface area (Å²) in [6, 6.07) is 0. The topological polar surface area (TPSA) is 89.0 Å². The van der Waals surface area contributed by atoms with Crippen molar-refractivity contribution in [3.8, 4) is 0 Å². The number of hydrogen-bond acceptors (Lipinski definition) is 7. The van der Waals surface area contributed by atoms with Crippen molar-refractivity contribution in [2.45, 2.75) is 65.5 Å². The van der Waals surface area contributed by atoms with Gasteiger partial charge in [0.15, 0.2) is 0 Å². The van der Waals surface area contributed by atoms with E-state index in [4.69, 9.17) is 15.7 Å². The van der Waals surface area contributed by atoms with E-state index in [1.165, 1.54) is 18.4 Å². The fraction of sp³-hybridized carbons (Fsp3) is 0.714. The number of nitrogens with zero attached hydrogens (tertiary/aromatic N) is 7. The number of piperidine rings is 1. The zero-order valence-electron chi connectivity index (χ0n) is 18.2. The lowest BCUT2D eigenvalue weighted by Gasteiger charge is -2.34. The Labute approximate surface area is 173 Å². The van der Waals surface area contributed by atoms with Crippen LogP contribution in [0, 0.1) is 19.8 Å². The lowest BCUT2D eigenvalue weighted by Crippen LogP contribution is -2.36. The Morgan fingerprint density at radius 1 is 1.03 bits per heavy atom. The molecule has 0 atom stereocenters. The van der Waals surface area contributed by atoms with Gasteiger partial charge in [-0.2, -0.15) is 4.98 Å². The second kappa shape index (κ2) is 7.89. The van der Waals surface area contributed by atoms with Gasteiger partial charge in [-0.25, -0.2) is 4.98 Å². The molecule has 2 aromatic rings. The standard InChI is InChI=1S/C21H34N8/c1-15-16(2)23-20(28-9-5-6-10-28)24-19(15)27-11-7-17(8-12-27)13-29-14-18(25-26-29)21(3,4)22/h14,17H,5-13,22H2,1-4H3. The lowest BCUT2D eigenvalue weighted by atomic mass is 9.96. The van der Waals surface area contributed by atoms with Gasteiger partial charge in [0, 0.05) is 44.0 Å². The van der Waals surface area contributed by atoms with Gasteiger partial charge in [0.05, 0.1) is 11.7 Å². The third-order valence-electron chi connectivity index (χ3n) is 6.30. The molecule has 0 spiro atoms. The van der Waals surface area contributed by atoms with Crippen molar-refractivity contribution in [3.63, 3.8) is 0 Å². The first-order valence-electron chi connectivity index (χ1n) is 10.9. The third kappa shape index (κ3) is 4.37. The highest BCUT2D eigenvalue weighted by Gasteiger charge is 2.25. The monoisotopic (exact) mass is 398 g/mol. The summed E-state index contributed by atoms with van der Waals surface area (Å²) in [7, 11) is 0. The van der Waals surface area contributed by atoms with Gasteiger partial charge in [-0.1, -0.05) is 5.21 Å². The average Bonchev–Trinajstić information content (AvgIpc) is 3.36. The summed E-state index contributed by atoms with van der Waals surface area (Å²) in [5.74, 6) is 2.62. The van der Waals surface area contributed by atoms with Gasteiger partial charge < -0.3 is 15.5 Å². The van der Waals surface area contributed by atoms with Crippen LogP contribution in [0.25, 0.3) is 0 Å². The predicted molar refractivity (Wildman–Crippen MR) is 115 cm³/mol. The molecule has 2 aliphatic heterocycles. The van der Waals surface area contributed by atoms with Crippen molar-refractivity contribution in [3.05, 3.63) is 23.1 Å². The van der Waals surface area contributed by atoms with Gasteiger partial charge in [-0.3, -0.25) is 4.68 Å². The van der Waals surface area contributed by atoms with Crippen molar-refractivity contribution in [1.29, 1.82) is 0 Å². The number of anilines is 2. The van der Waals surface area contributed by atoms with Crippen LogP contribution in [0.2, 0.25) is 0 Å². The number of hydrogen-bond donors (Lipinski definition) is 1. The van der Waals surface area contributed by atoms with E-state index in [1.807, 2.05) is 24.7 Å². The summed E-state index contributed by atoms with van der Waals surface area (Å²) in [6.07, 6.45) is 6.73. The first-order chi connectivity index (χ1) is 13.8. The van der Waals surface area contributed by atoms with E-state index in [1.54, 1.807) is 0 Å². The maximum Gasteiger partial charge on any atom is 0.227 e. The van der Waals surface area contributed by atoms with Crippen molar-refractivity contribution in [2.75, 3.05) is 36.0 Å². The molecule has 2 aliphatic rings. The molecule has 0 radical (unpaired) electrons. The van der Waals surface area contributed by atoms with Gasteiger partial charge in [0.2, 0.25) is 5.95 Å². The Kier molecular flexibility index (Phi) is 5.46. The molecule has 4 rings (SSSR count). The van der Waals surface area contributed by atoms with E-state index in [0.717, 1.165) is 68.7 Å². The maximum atomic E-state index is 6.13. The molecule has 0 aromatic carbocycles. The van der Waals surface area contributed by atoms with Crippen LogP contribution >= 0.6 is 0 Å². The Bertz CT molecular complexity index is 839. The van der Waals surface area contributed by atoms with Crippen LogP contribution in [0.1, 0.15) is 56.5 Å². The molecule has 2 aromatic heterocycles. The molecule has 29 heavy (non-hydrogen) atoms. The molecular weight excluding hydrogens is 364 g/mol. The molecule has 2 fully saturated rings. The Balaban J connectivity index is 1.41. The molecule has 158 valence electrons. The molecule has 2 N–H and O–H groups in total. The minimum absolute atomic E-state index is 0.447. The molecule has 0 aliphatic carbocycles. The quantitative estimate of drug-likeness (QED) is 0.827. The average molecular weight is 399 g/mol. The Morgan fingerprint density at radius 3 is 2.34 bits per heavy atom. The number of aryl methyl sites for hydroxylation is 1.